The SMILES string of the molecule is Cc1ccccc1OCC(=O)N(CCN(C)C)CC(=O)O. The van der Waals surface area contributed by atoms with Crippen molar-refractivity contribution in [1.82, 2.24) is 9.80 Å². The van der Waals surface area contributed by atoms with Gasteiger partial charge < -0.3 is 19.6 Å². The highest BCUT2D eigenvalue weighted by molar-refractivity contribution is 5.82. The second-order valence-electron chi connectivity index (χ2n) is 5.07. The van der Waals surface area contributed by atoms with E-state index in [9.17, 15) is 9.59 Å². The maximum absolute atomic E-state index is 12.1. The summed E-state index contributed by atoms with van der Waals surface area (Å²) in [4.78, 5) is 26.1. The van der Waals surface area contributed by atoms with Crippen molar-refractivity contribution in [2.45, 2.75) is 6.92 Å². The average Bonchev–Trinajstić information content (AvgIpc) is 2.41. The molecule has 0 spiro atoms. The molecule has 0 aliphatic carbocycles. The number of para-hydroxylation sites is 1. The van der Waals surface area contributed by atoms with Crippen LogP contribution in [0.1, 0.15) is 5.56 Å². The van der Waals surface area contributed by atoms with Crippen molar-refractivity contribution in [3.8, 4) is 5.75 Å². The topological polar surface area (TPSA) is 70.1 Å². The number of amides is 1. The van der Waals surface area contributed by atoms with Crippen molar-refractivity contribution in [2.75, 3.05) is 40.3 Å². The third-order valence-corrected chi connectivity index (χ3v) is 2.94. The zero-order valence-corrected chi connectivity index (χ0v) is 12.7. The van der Waals surface area contributed by atoms with Crippen molar-refractivity contribution >= 4 is 11.9 Å². The summed E-state index contributed by atoms with van der Waals surface area (Å²) in [5.41, 5.74) is 0.934. The highest BCUT2D eigenvalue weighted by Crippen LogP contribution is 2.16. The second-order valence-corrected chi connectivity index (χ2v) is 5.07. The van der Waals surface area contributed by atoms with E-state index in [0.29, 0.717) is 18.8 Å². The standard InChI is InChI=1S/C15H22N2O4/c1-12-6-4-5-7-13(12)21-11-14(18)17(10-15(19)20)9-8-16(2)3/h4-7H,8-11H2,1-3H3,(H,19,20). The number of nitrogens with zero attached hydrogens (tertiary/aromatic N) is 2. The van der Waals surface area contributed by atoms with Crippen LogP contribution in [-0.2, 0) is 9.59 Å². The number of aliphatic carboxylic acids is 1. The van der Waals surface area contributed by atoms with Crippen LogP contribution in [-0.4, -0.2) is 67.1 Å². The summed E-state index contributed by atoms with van der Waals surface area (Å²) in [6.07, 6.45) is 0. The molecule has 0 aliphatic heterocycles. The summed E-state index contributed by atoms with van der Waals surface area (Å²) in [5, 5.41) is 8.88. The van der Waals surface area contributed by atoms with E-state index in [0.717, 1.165) is 5.56 Å². The van der Waals surface area contributed by atoms with Crippen LogP contribution in [0.15, 0.2) is 24.3 Å². The molecule has 0 aromatic heterocycles. The maximum Gasteiger partial charge on any atom is 0.323 e. The van der Waals surface area contributed by atoms with Gasteiger partial charge in [0, 0.05) is 13.1 Å². The summed E-state index contributed by atoms with van der Waals surface area (Å²) in [5.74, 6) is -0.728. The number of ether oxygens (including phenoxy) is 1. The van der Waals surface area contributed by atoms with Crippen LogP contribution >= 0.6 is 0 Å². The molecule has 0 heterocycles. The molecule has 1 aromatic carbocycles. The quantitative estimate of drug-likeness (QED) is 0.769. The zero-order valence-electron chi connectivity index (χ0n) is 12.7. The van der Waals surface area contributed by atoms with Crippen molar-refractivity contribution in [2.24, 2.45) is 0 Å². The number of carboxylic acid groups (broad SMARTS) is 1. The molecule has 0 atom stereocenters. The first-order chi connectivity index (χ1) is 9.90. The minimum absolute atomic E-state index is 0.161. The maximum atomic E-state index is 12.1. The lowest BCUT2D eigenvalue weighted by Gasteiger charge is -2.22. The van der Waals surface area contributed by atoms with Crippen LogP contribution in [0.2, 0.25) is 0 Å². The smallest absolute Gasteiger partial charge is 0.323 e. The number of hydrogen-bond acceptors (Lipinski definition) is 4. The second kappa shape index (κ2) is 8.26. The van der Waals surface area contributed by atoms with Gasteiger partial charge in [-0.05, 0) is 32.6 Å². The Morgan fingerprint density at radius 3 is 2.43 bits per heavy atom. The van der Waals surface area contributed by atoms with Crippen LogP contribution in [0.4, 0.5) is 0 Å². The first kappa shape index (κ1) is 17.0. The Bertz CT molecular complexity index is 488. The fourth-order valence-electron chi connectivity index (χ4n) is 1.73. The van der Waals surface area contributed by atoms with E-state index in [1.165, 1.54) is 4.90 Å². The van der Waals surface area contributed by atoms with Gasteiger partial charge in [-0.25, -0.2) is 0 Å². The predicted molar refractivity (Wildman–Crippen MR) is 79.4 cm³/mol. The van der Waals surface area contributed by atoms with E-state index in [1.54, 1.807) is 6.07 Å². The van der Waals surface area contributed by atoms with Crippen molar-refractivity contribution in [3.05, 3.63) is 29.8 Å². The molecule has 21 heavy (non-hydrogen) atoms. The highest BCUT2D eigenvalue weighted by atomic mass is 16.5. The van der Waals surface area contributed by atoms with E-state index in [1.807, 2.05) is 44.1 Å². The zero-order chi connectivity index (χ0) is 15.8. The lowest BCUT2D eigenvalue weighted by molar-refractivity contribution is -0.145. The Morgan fingerprint density at radius 1 is 1.19 bits per heavy atom. The number of benzene rings is 1. The average molecular weight is 294 g/mol. The molecule has 116 valence electrons. The molecule has 0 bridgehead atoms. The number of rotatable bonds is 8. The van der Waals surface area contributed by atoms with Gasteiger partial charge in [0.25, 0.3) is 5.91 Å². The summed E-state index contributed by atoms with van der Waals surface area (Å²) in [7, 11) is 3.74. The molecular weight excluding hydrogens is 272 g/mol. The Labute approximate surface area is 124 Å². The summed E-state index contributed by atoms with van der Waals surface area (Å²) in [6, 6.07) is 7.39. The number of carbonyl (C=O) groups excluding carboxylic acids is 1. The van der Waals surface area contributed by atoms with Gasteiger partial charge in [-0.1, -0.05) is 18.2 Å². The van der Waals surface area contributed by atoms with E-state index in [2.05, 4.69) is 0 Å². The largest absolute Gasteiger partial charge is 0.484 e. The molecular formula is C15H22N2O4. The first-order valence-corrected chi connectivity index (χ1v) is 6.73. The molecule has 6 heteroatoms. The third-order valence-electron chi connectivity index (χ3n) is 2.94. The number of carbonyl (C=O) groups is 2. The van der Waals surface area contributed by atoms with Gasteiger partial charge in [-0.3, -0.25) is 9.59 Å². The van der Waals surface area contributed by atoms with Gasteiger partial charge in [0.05, 0.1) is 0 Å². The fourth-order valence-corrected chi connectivity index (χ4v) is 1.73. The molecule has 0 aliphatic rings. The molecule has 0 saturated heterocycles. The van der Waals surface area contributed by atoms with E-state index >= 15 is 0 Å². The molecule has 0 unspecified atom stereocenters. The minimum Gasteiger partial charge on any atom is -0.484 e. The normalized spacial score (nSPS) is 10.5. The summed E-state index contributed by atoms with van der Waals surface area (Å²) < 4.78 is 5.47. The van der Waals surface area contributed by atoms with Crippen LogP contribution < -0.4 is 4.74 Å². The molecule has 0 fully saturated rings. The van der Waals surface area contributed by atoms with Crippen molar-refractivity contribution in [3.63, 3.8) is 0 Å². The highest BCUT2D eigenvalue weighted by Gasteiger charge is 2.17. The van der Waals surface area contributed by atoms with E-state index in [-0.39, 0.29) is 19.1 Å². The lowest BCUT2D eigenvalue weighted by Crippen LogP contribution is -2.42. The third kappa shape index (κ3) is 6.27. The van der Waals surface area contributed by atoms with Crippen molar-refractivity contribution < 1.29 is 19.4 Å². The molecule has 0 saturated carbocycles. The van der Waals surface area contributed by atoms with Gasteiger partial charge in [0.15, 0.2) is 6.61 Å². The number of carboxylic acids is 1. The molecule has 6 nitrogen and oxygen atoms in total. The molecule has 1 aromatic rings. The van der Waals surface area contributed by atoms with Gasteiger partial charge in [-0.15, -0.1) is 0 Å². The number of hydrogen-bond donors (Lipinski definition) is 1. The monoisotopic (exact) mass is 294 g/mol. The van der Waals surface area contributed by atoms with Gasteiger partial charge in [0.2, 0.25) is 0 Å². The molecule has 1 rings (SSSR count). The van der Waals surface area contributed by atoms with Gasteiger partial charge in [0.1, 0.15) is 12.3 Å². The lowest BCUT2D eigenvalue weighted by atomic mass is 10.2. The minimum atomic E-state index is -1.03. The van der Waals surface area contributed by atoms with Crippen LogP contribution in [0.5, 0.6) is 5.75 Å². The first-order valence-electron chi connectivity index (χ1n) is 6.73. The van der Waals surface area contributed by atoms with Gasteiger partial charge in [-0.2, -0.15) is 0 Å². The summed E-state index contributed by atoms with van der Waals surface area (Å²) in [6.45, 7) is 2.37. The van der Waals surface area contributed by atoms with Crippen LogP contribution in [0, 0.1) is 6.92 Å². The van der Waals surface area contributed by atoms with Gasteiger partial charge >= 0.3 is 5.97 Å². The molecule has 1 amide bonds. The summed E-state index contributed by atoms with van der Waals surface area (Å²) >= 11 is 0. The van der Waals surface area contributed by atoms with Crippen molar-refractivity contribution in [1.29, 1.82) is 0 Å². The molecule has 1 N–H and O–H groups in total. The molecule has 0 radical (unpaired) electrons. The Hall–Kier alpha value is -2.08. The van der Waals surface area contributed by atoms with E-state index < -0.39 is 5.97 Å². The van der Waals surface area contributed by atoms with Crippen LogP contribution in [0.25, 0.3) is 0 Å². The fraction of sp³-hybridized carbons (Fsp3) is 0.467. The predicted octanol–water partition coefficient (Wildman–Crippen LogP) is 0.849. The Morgan fingerprint density at radius 2 is 1.86 bits per heavy atom. The van der Waals surface area contributed by atoms with Crippen LogP contribution in [0.3, 0.4) is 0 Å². The van der Waals surface area contributed by atoms with E-state index in [4.69, 9.17) is 9.84 Å². The Balaban J connectivity index is 2.59. The Kier molecular flexibility index (Phi) is 6.68. The number of aryl methyl sites for hydroxylation is 1. The number of likely N-dealkylation sites (N-methyl/N-ethyl adjacent to an activating group) is 1.